The third-order valence-corrected chi connectivity index (χ3v) is 6.25. The zero-order valence-electron chi connectivity index (χ0n) is 19.2. The van der Waals surface area contributed by atoms with Crippen molar-refractivity contribution in [1.29, 1.82) is 0 Å². The van der Waals surface area contributed by atoms with E-state index in [1.165, 1.54) is 12.5 Å². The number of nitrogens with zero attached hydrogens (tertiary/aromatic N) is 8. The number of hydrogen-bond donors (Lipinski definition) is 1. The standard InChI is InChI=1S/C22H25N9O3/c1-4-30-13(2)16(11-26-30)19-28-18-21(29(19)3)24-12-25-22(18)34-15-8-7-14(10-15)27-17-6-5-9-23-20(17)31(32)33/h5-6,9,11-12,14-15,27H,4,7-8,10H2,1-3H3/t14-,15+/m1/s1. The third-order valence-electron chi connectivity index (χ3n) is 6.25. The van der Waals surface area contributed by atoms with Crippen LogP contribution < -0.4 is 10.1 Å². The summed E-state index contributed by atoms with van der Waals surface area (Å²) in [7, 11) is 1.92. The highest BCUT2D eigenvalue weighted by Crippen LogP contribution is 2.32. The molecule has 0 amide bonds. The molecule has 4 aromatic heterocycles. The molecule has 176 valence electrons. The van der Waals surface area contributed by atoms with Crippen LogP contribution in [-0.2, 0) is 13.6 Å². The summed E-state index contributed by atoms with van der Waals surface area (Å²) in [6.07, 6.45) is 6.90. The third kappa shape index (κ3) is 3.80. The largest absolute Gasteiger partial charge is 0.473 e. The van der Waals surface area contributed by atoms with Gasteiger partial charge in [-0.15, -0.1) is 0 Å². The maximum atomic E-state index is 11.2. The zero-order chi connectivity index (χ0) is 23.8. The minimum atomic E-state index is -0.479. The first-order valence-corrected chi connectivity index (χ1v) is 11.2. The van der Waals surface area contributed by atoms with Crippen LogP contribution in [0.3, 0.4) is 0 Å². The van der Waals surface area contributed by atoms with Crippen LogP contribution in [0, 0.1) is 17.0 Å². The van der Waals surface area contributed by atoms with Crippen LogP contribution in [0.4, 0.5) is 11.5 Å². The van der Waals surface area contributed by atoms with E-state index >= 15 is 0 Å². The van der Waals surface area contributed by atoms with Gasteiger partial charge >= 0.3 is 5.82 Å². The van der Waals surface area contributed by atoms with Crippen LogP contribution in [0.15, 0.2) is 30.9 Å². The van der Waals surface area contributed by atoms with Gasteiger partial charge < -0.3 is 24.7 Å². The van der Waals surface area contributed by atoms with E-state index in [1.54, 1.807) is 12.1 Å². The van der Waals surface area contributed by atoms with Gasteiger partial charge in [-0.3, -0.25) is 4.68 Å². The molecule has 1 N–H and O–H groups in total. The van der Waals surface area contributed by atoms with Gasteiger partial charge in [0.05, 0.1) is 11.8 Å². The molecule has 1 fully saturated rings. The van der Waals surface area contributed by atoms with E-state index in [2.05, 4.69) is 25.4 Å². The van der Waals surface area contributed by atoms with Crippen molar-refractivity contribution in [2.24, 2.45) is 7.05 Å². The number of imidazole rings is 1. The predicted octanol–water partition coefficient (Wildman–Crippen LogP) is 3.27. The van der Waals surface area contributed by atoms with Crippen LogP contribution in [0.2, 0.25) is 0 Å². The molecule has 0 aromatic carbocycles. The first kappa shape index (κ1) is 21.7. The summed E-state index contributed by atoms with van der Waals surface area (Å²) >= 11 is 0. The van der Waals surface area contributed by atoms with Gasteiger partial charge in [-0.1, -0.05) is 0 Å². The lowest BCUT2D eigenvalue weighted by Gasteiger charge is -2.15. The van der Waals surface area contributed by atoms with Crippen molar-refractivity contribution in [2.75, 3.05) is 5.32 Å². The molecule has 12 nitrogen and oxygen atoms in total. The number of ether oxygens (including phenoxy) is 1. The summed E-state index contributed by atoms with van der Waals surface area (Å²) in [6, 6.07) is 3.39. The maximum Gasteiger partial charge on any atom is 0.386 e. The van der Waals surface area contributed by atoms with Crippen LogP contribution in [-0.4, -0.2) is 51.4 Å². The van der Waals surface area contributed by atoms with E-state index in [4.69, 9.17) is 9.72 Å². The number of pyridine rings is 1. The van der Waals surface area contributed by atoms with Gasteiger partial charge in [-0.25, -0.2) is 9.97 Å². The van der Waals surface area contributed by atoms with Gasteiger partial charge in [0.1, 0.15) is 30.1 Å². The number of nitrogens with one attached hydrogen (secondary N) is 1. The number of hydrogen-bond acceptors (Lipinski definition) is 9. The number of aryl methyl sites for hydroxylation is 2. The molecule has 4 aromatic rings. The highest BCUT2D eigenvalue weighted by Gasteiger charge is 2.29. The van der Waals surface area contributed by atoms with Crippen molar-refractivity contribution in [2.45, 2.75) is 51.8 Å². The molecule has 34 heavy (non-hydrogen) atoms. The molecular formula is C22H25N9O3. The molecule has 5 rings (SSSR count). The lowest BCUT2D eigenvalue weighted by atomic mass is 10.2. The van der Waals surface area contributed by atoms with Gasteiger partial charge in [0.15, 0.2) is 11.2 Å². The molecule has 0 unspecified atom stereocenters. The highest BCUT2D eigenvalue weighted by atomic mass is 16.6. The van der Waals surface area contributed by atoms with Crippen molar-refractivity contribution < 1.29 is 9.66 Å². The fourth-order valence-electron chi connectivity index (χ4n) is 4.50. The van der Waals surface area contributed by atoms with Gasteiger partial charge in [0, 0.05) is 31.7 Å². The molecule has 0 saturated heterocycles. The zero-order valence-corrected chi connectivity index (χ0v) is 19.2. The lowest BCUT2D eigenvalue weighted by molar-refractivity contribution is -0.388. The second-order valence-corrected chi connectivity index (χ2v) is 8.33. The van der Waals surface area contributed by atoms with Gasteiger partial charge in [0.25, 0.3) is 0 Å². The average molecular weight is 464 g/mol. The molecule has 0 spiro atoms. The Balaban J connectivity index is 1.36. The Morgan fingerprint density at radius 2 is 2.15 bits per heavy atom. The first-order chi connectivity index (χ1) is 16.5. The molecule has 4 heterocycles. The number of anilines is 1. The van der Waals surface area contributed by atoms with Gasteiger partial charge in [-0.05, 0) is 48.7 Å². The lowest BCUT2D eigenvalue weighted by Crippen LogP contribution is -2.20. The summed E-state index contributed by atoms with van der Waals surface area (Å²) in [6.45, 7) is 4.85. The number of fused-ring (bicyclic) bond motifs is 1. The van der Waals surface area contributed by atoms with Crippen LogP contribution >= 0.6 is 0 Å². The number of rotatable bonds is 7. The monoisotopic (exact) mass is 463 g/mol. The van der Waals surface area contributed by atoms with E-state index in [0.717, 1.165) is 36.5 Å². The van der Waals surface area contributed by atoms with Crippen molar-refractivity contribution in [3.05, 3.63) is 46.7 Å². The molecule has 1 aliphatic carbocycles. The number of nitro groups is 1. The minimum absolute atomic E-state index is 0.0343. The van der Waals surface area contributed by atoms with E-state index in [0.29, 0.717) is 29.2 Å². The van der Waals surface area contributed by atoms with Crippen LogP contribution in [0.25, 0.3) is 22.6 Å². The SMILES string of the molecule is CCn1ncc(-c2nc3c(O[C@H]4CC[C@@H](Nc5cccnc5[N+](=O)[O-])C4)ncnc3n2C)c1C. The molecule has 1 aliphatic rings. The van der Waals surface area contributed by atoms with Crippen molar-refractivity contribution >= 4 is 22.7 Å². The van der Waals surface area contributed by atoms with Gasteiger partial charge in [-0.2, -0.15) is 10.1 Å². The minimum Gasteiger partial charge on any atom is -0.473 e. The first-order valence-electron chi connectivity index (χ1n) is 11.2. The van der Waals surface area contributed by atoms with Crippen LogP contribution in [0.1, 0.15) is 31.9 Å². The molecule has 0 radical (unpaired) electrons. The smallest absolute Gasteiger partial charge is 0.386 e. The normalized spacial score (nSPS) is 17.9. The average Bonchev–Trinajstić information content (AvgIpc) is 3.52. The fraction of sp³-hybridized carbons (Fsp3) is 0.409. The molecule has 1 saturated carbocycles. The second kappa shape index (κ2) is 8.69. The Morgan fingerprint density at radius 1 is 1.29 bits per heavy atom. The molecule has 0 bridgehead atoms. The Labute approximate surface area is 195 Å². The van der Waals surface area contributed by atoms with Crippen molar-refractivity contribution in [3.8, 4) is 17.3 Å². The second-order valence-electron chi connectivity index (χ2n) is 8.33. The summed E-state index contributed by atoms with van der Waals surface area (Å²) < 4.78 is 10.1. The summed E-state index contributed by atoms with van der Waals surface area (Å²) in [5.74, 6) is 1.02. The predicted molar refractivity (Wildman–Crippen MR) is 125 cm³/mol. The molecule has 0 aliphatic heterocycles. The van der Waals surface area contributed by atoms with E-state index < -0.39 is 4.92 Å². The van der Waals surface area contributed by atoms with E-state index in [1.807, 2.05) is 36.3 Å². The summed E-state index contributed by atoms with van der Waals surface area (Å²) in [4.78, 5) is 28.2. The maximum absolute atomic E-state index is 11.2. The summed E-state index contributed by atoms with van der Waals surface area (Å²) in [5.41, 5.74) is 3.67. The Kier molecular flexibility index (Phi) is 5.56. The van der Waals surface area contributed by atoms with E-state index in [-0.39, 0.29) is 18.0 Å². The van der Waals surface area contributed by atoms with E-state index in [9.17, 15) is 10.1 Å². The van der Waals surface area contributed by atoms with Crippen LogP contribution in [0.5, 0.6) is 5.88 Å². The van der Waals surface area contributed by atoms with Gasteiger partial charge in [0.2, 0.25) is 5.88 Å². The summed E-state index contributed by atoms with van der Waals surface area (Å²) in [5, 5.41) is 18.9. The highest BCUT2D eigenvalue weighted by molar-refractivity contribution is 5.81. The Hall–Kier alpha value is -4.09. The Bertz CT molecular complexity index is 1360. The quantitative estimate of drug-likeness (QED) is 0.323. The molecular weight excluding hydrogens is 438 g/mol. The fourth-order valence-corrected chi connectivity index (χ4v) is 4.50. The van der Waals surface area contributed by atoms with Crippen molar-refractivity contribution in [3.63, 3.8) is 0 Å². The molecule has 12 heteroatoms. The Morgan fingerprint density at radius 3 is 2.91 bits per heavy atom. The molecule has 2 atom stereocenters. The van der Waals surface area contributed by atoms with Crippen molar-refractivity contribution in [1.82, 2.24) is 34.3 Å². The topological polar surface area (TPSA) is 139 Å². The number of aromatic nitrogens is 7.